The predicted molar refractivity (Wildman–Crippen MR) is 163 cm³/mol. The smallest absolute Gasteiger partial charge is 0.408 e. The summed E-state index contributed by atoms with van der Waals surface area (Å²) in [4.78, 5) is 43.1. The maximum absolute atomic E-state index is 14.5. The van der Waals surface area contributed by atoms with Crippen molar-refractivity contribution in [1.82, 2.24) is 10.2 Å². The van der Waals surface area contributed by atoms with Crippen LogP contribution in [0.5, 0.6) is 0 Å². The quantitative estimate of drug-likeness (QED) is 0.309. The Kier molecular flexibility index (Phi) is 11.0. The first kappa shape index (κ1) is 32.9. The molecule has 0 fully saturated rings. The fraction of sp³-hybridized carbons (Fsp3) is 0.469. The van der Waals surface area contributed by atoms with Gasteiger partial charge in [-0.2, -0.15) is 0 Å². The van der Waals surface area contributed by atoms with Gasteiger partial charge >= 0.3 is 6.09 Å². The SMILES string of the molecule is C=Cc1cccc(C(C(=O)Nc2c(C)cccc2Cl)N(C(=O)C(NC(=O)OC(C)(C)C)C(C)C)C(C)(C)CC)c1. The van der Waals surface area contributed by atoms with Gasteiger partial charge in [0.25, 0.3) is 5.91 Å². The van der Waals surface area contributed by atoms with Crippen molar-refractivity contribution in [2.45, 2.75) is 92.0 Å². The lowest BCUT2D eigenvalue weighted by atomic mass is 9.90. The van der Waals surface area contributed by atoms with Crippen LogP contribution in [0.15, 0.2) is 49.0 Å². The molecule has 0 aromatic heterocycles. The number of anilines is 1. The van der Waals surface area contributed by atoms with Crippen LogP contribution in [0.1, 0.15) is 84.5 Å². The van der Waals surface area contributed by atoms with Gasteiger partial charge in [0.2, 0.25) is 5.91 Å². The van der Waals surface area contributed by atoms with Crippen LogP contribution in [-0.2, 0) is 14.3 Å². The number of alkyl carbamates (subject to hydrolysis) is 1. The lowest BCUT2D eigenvalue weighted by molar-refractivity contribution is -0.148. The largest absolute Gasteiger partial charge is 0.444 e. The Morgan fingerprint density at radius 3 is 2.23 bits per heavy atom. The Morgan fingerprint density at radius 1 is 1.07 bits per heavy atom. The molecule has 0 bridgehead atoms. The fourth-order valence-corrected chi connectivity index (χ4v) is 4.57. The van der Waals surface area contributed by atoms with Gasteiger partial charge in [-0.05, 0) is 82.7 Å². The van der Waals surface area contributed by atoms with Gasteiger partial charge in [0.15, 0.2) is 0 Å². The van der Waals surface area contributed by atoms with Crippen LogP contribution in [0.2, 0.25) is 5.02 Å². The van der Waals surface area contributed by atoms with Crippen molar-refractivity contribution in [3.05, 3.63) is 70.8 Å². The molecule has 2 aromatic rings. The van der Waals surface area contributed by atoms with Gasteiger partial charge in [-0.25, -0.2) is 4.79 Å². The zero-order chi connectivity index (χ0) is 30.4. The highest BCUT2D eigenvalue weighted by Crippen LogP contribution is 2.35. The van der Waals surface area contributed by atoms with Crippen LogP contribution < -0.4 is 10.6 Å². The van der Waals surface area contributed by atoms with Gasteiger partial charge in [0.1, 0.15) is 17.7 Å². The van der Waals surface area contributed by atoms with Gasteiger partial charge in [-0.3, -0.25) is 9.59 Å². The maximum atomic E-state index is 14.5. The molecule has 2 rings (SSSR count). The zero-order valence-corrected chi connectivity index (χ0v) is 26.0. The van der Waals surface area contributed by atoms with Crippen LogP contribution in [-0.4, -0.2) is 40.0 Å². The molecule has 0 aliphatic heterocycles. The summed E-state index contributed by atoms with van der Waals surface area (Å²) in [5.74, 6) is -1.11. The van der Waals surface area contributed by atoms with Crippen molar-refractivity contribution in [3.63, 3.8) is 0 Å². The maximum Gasteiger partial charge on any atom is 0.408 e. The van der Waals surface area contributed by atoms with Gasteiger partial charge < -0.3 is 20.3 Å². The molecule has 218 valence electrons. The number of benzene rings is 2. The number of hydrogen-bond donors (Lipinski definition) is 2. The molecule has 0 spiro atoms. The number of aryl methyl sites for hydroxylation is 1. The van der Waals surface area contributed by atoms with E-state index < -0.39 is 41.1 Å². The summed E-state index contributed by atoms with van der Waals surface area (Å²) in [6, 6.07) is 10.7. The number of ether oxygens (including phenoxy) is 1. The predicted octanol–water partition coefficient (Wildman–Crippen LogP) is 7.54. The first-order chi connectivity index (χ1) is 18.5. The van der Waals surface area contributed by atoms with Gasteiger partial charge in [-0.15, -0.1) is 0 Å². The molecule has 2 unspecified atom stereocenters. The van der Waals surface area contributed by atoms with Crippen molar-refractivity contribution < 1.29 is 19.1 Å². The monoisotopic (exact) mass is 569 g/mol. The number of carbonyl (C=O) groups excluding carboxylic acids is 3. The molecule has 0 aliphatic rings. The number of halogens is 1. The Balaban J connectivity index is 2.71. The minimum absolute atomic E-state index is 0.288. The van der Waals surface area contributed by atoms with Crippen LogP contribution in [0.25, 0.3) is 6.08 Å². The highest BCUT2D eigenvalue weighted by molar-refractivity contribution is 6.34. The average Bonchev–Trinajstić information content (AvgIpc) is 2.86. The molecule has 8 heteroatoms. The standard InChI is InChI=1S/C32H44ClN3O4/c1-11-22-16-14-17-23(19-22)27(28(37)34-26-21(5)15-13-18-24(26)33)36(32(9,10)12-2)29(38)25(20(3)4)35-30(39)40-31(6,7)8/h11,13-20,25,27H,1,12H2,2-10H3,(H,34,37)(H,35,39). The van der Waals surface area contributed by atoms with E-state index >= 15 is 0 Å². The van der Waals surface area contributed by atoms with E-state index in [1.807, 2.05) is 77.9 Å². The van der Waals surface area contributed by atoms with Gasteiger partial charge in [0, 0.05) is 5.54 Å². The summed E-state index contributed by atoms with van der Waals surface area (Å²) in [7, 11) is 0. The highest BCUT2D eigenvalue weighted by Gasteiger charge is 2.44. The first-order valence-corrected chi connectivity index (χ1v) is 14.0. The van der Waals surface area contributed by atoms with E-state index in [2.05, 4.69) is 17.2 Å². The molecule has 0 heterocycles. The van der Waals surface area contributed by atoms with E-state index in [-0.39, 0.29) is 5.92 Å². The molecule has 0 saturated carbocycles. The minimum Gasteiger partial charge on any atom is -0.444 e. The Labute approximate surface area is 244 Å². The zero-order valence-electron chi connectivity index (χ0n) is 25.2. The minimum atomic E-state index is -1.04. The third-order valence-electron chi connectivity index (χ3n) is 6.80. The molecular formula is C32H44ClN3O4. The molecule has 7 nitrogen and oxygen atoms in total. The lowest BCUT2D eigenvalue weighted by Crippen LogP contribution is -2.60. The lowest BCUT2D eigenvalue weighted by Gasteiger charge is -2.45. The first-order valence-electron chi connectivity index (χ1n) is 13.6. The molecule has 40 heavy (non-hydrogen) atoms. The highest BCUT2D eigenvalue weighted by atomic mass is 35.5. The van der Waals surface area contributed by atoms with Crippen LogP contribution in [0.4, 0.5) is 10.5 Å². The molecule has 2 N–H and O–H groups in total. The normalized spacial score (nSPS) is 13.3. The number of amides is 3. The van der Waals surface area contributed by atoms with Gasteiger partial charge in [0.05, 0.1) is 10.7 Å². The van der Waals surface area contributed by atoms with Crippen molar-refractivity contribution in [2.75, 3.05) is 5.32 Å². The average molecular weight is 570 g/mol. The number of para-hydroxylation sites is 1. The van der Waals surface area contributed by atoms with Crippen LogP contribution in [0, 0.1) is 12.8 Å². The summed E-state index contributed by atoms with van der Waals surface area (Å²) in [5.41, 5.74) is 1.16. The summed E-state index contributed by atoms with van der Waals surface area (Å²) in [6.45, 7) is 20.5. The Bertz CT molecular complexity index is 1210. The van der Waals surface area contributed by atoms with Crippen molar-refractivity contribution >= 4 is 41.3 Å². The van der Waals surface area contributed by atoms with Crippen LogP contribution >= 0.6 is 11.6 Å². The van der Waals surface area contributed by atoms with E-state index in [1.165, 1.54) is 0 Å². The molecular weight excluding hydrogens is 526 g/mol. The third-order valence-corrected chi connectivity index (χ3v) is 7.11. The molecule has 0 aliphatic carbocycles. The van der Waals surface area contributed by atoms with Crippen LogP contribution in [0.3, 0.4) is 0 Å². The van der Waals surface area contributed by atoms with Crippen molar-refractivity contribution in [2.24, 2.45) is 5.92 Å². The summed E-state index contributed by atoms with van der Waals surface area (Å²) in [6.07, 6.45) is 1.54. The van der Waals surface area contributed by atoms with E-state index in [1.54, 1.807) is 37.8 Å². The summed E-state index contributed by atoms with van der Waals surface area (Å²) < 4.78 is 5.46. The Morgan fingerprint density at radius 2 is 1.70 bits per heavy atom. The number of nitrogens with zero attached hydrogens (tertiary/aromatic N) is 1. The second kappa shape index (κ2) is 13.4. The molecule has 2 aromatic carbocycles. The van der Waals surface area contributed by atoms with Gasteiger partial charge in [-0.1, -0.05) is 75.4 Å². The number of rotatable bonds is 10. The second-order valence-corrected chi connectivity index (χ2v) is 12.3. The van der Waals surface area contributed by atoms with E-state index in [0.717, 1.165) is 11.1 Å². The fourth-order valence-electron chi connectivity index (χ4n) is 4.30. The van der Waals surface area contributed by atoms with E-state index in [4.69, 9.17) is 16.3 Å². The third kappa shape index (κ3) is 8.34. The molecule has 2 atom stereocenters. The number of carbonyl (C=O) groups is 3. The summed E-state index contributed by atoms with van der Waals surface area (Å²) >= 11 is 6.46. The summed E-state index contributed by atoms with van der Waals surface area (Å²) in [5, 5.41) is 6.14. The topological polar surface area (TPSA) is 87.7 Å². The van der Waals surface area contributed by atoms with E-state index in [0.29, 0.717) is 22.7 Å². The van der Waals surface area contributed by atoms with Crippen molar-refractivity contribution in [3.8, 4) is 0 Å². The number of hydrogen-bond acceptors (Lipinski definition) is 4. The molecule has 3 amide bonds. The Hall–Kier alpha value is -3.32. The van der Waals surface area contributed by atoms with Crippen molar-refractivity contribution in [1.29, 1.82) is 0 Å². The molecule has 0 radical (unpaired) electrons. The number of nitrogens with one attached hydrogen (secondary N) is 2. The molecule has 0 saturated heterocycles. The van der Waals surface area contributed by atoms with E-state index in [9.17, 15) is 14.4 Å². The second-order valence-electron chi connectivity index (χ2n) is 11.9.